The standard InChI is InChI=1S/C15H11Cl2N3OS2/c16-11-4-3-9(6-12(11)17)7-13-14(21)19-15(23-13)20-18-8-10-2-1-5-22-10/h1-6,8,13H,7H2,(H,19,20,21)/b18-8-/t13-/m1/s1. The molecule has 0 saturated carbocycles. The molecule has 0 spiro atoms. The van der Waals surface area contributed by atoms with E-state index in [-0.39, 0.29) is 11.2 Å². The van der Waals surface area contributed by atoms with Crippen molar-refractivity contribution in [1.29, 1.82) is 0 Å². The van der Waals surface area contributed by atoms with Gasteiger partial charge in [-0.25, -0.2) is 0 Å². The maximum Gasteiger partial charge on any atom is 0.239 e. The van der Waals surface area contributed by atoms with E-state index < -0.39 is 0 Å². The molecular weight excluding hydrogens is 373 g/mol. The number of amides is 1. The maximum atomic E-state index is 12.0. The van der Waals surface area contributed by atoms with Crippen LogP contribution in [0.4, 0.5) is 0 Å². The molecule has 0 unspecified atom stereocenters. The summed E-state index contributed by atoms with van der Waals surface area (Å²) in [6, 6.07) is 9.27. The molecule has 2 aromatic rings. The highest BCUT2D eigenvalue weighted by Gasteiger charge is 2.30. The van der Waals surface area contributed by atoms with Gasteiger partial charge in [-0.2, -0.15) is 5.10 Å². The van der Waals surface area contributed by atoms with Crippen molar-refractivity contribution in [3.8, 4) is 0 Å². The van der Waals surface area contributed by atoms with Crippen LogP contribution in [-0.4, -0.2) is 22.5 Å². The monoisotopic (exact) mass is 383 g/mol. The van der Waals surface area contributed by atoms with Crippen molar-refractivity contribution in [1.82, 2.24) is 5.32 Å². The van der Waals surface area contributed by atoms with Crippen molar-refractivity contribution in [2.75, 3.05) is 0 Å². The largest absolute Gasteiger partial charge is 0.303 e. The first-order chi connectivity index (χ1) is 11.1. The average Bonchev–Trinajstić information content (AvgIpc) is 3.14. The highest BCUT2D eigenvalue weighted by atomic mass is 35.5. The second-order valence-electron chi connectivity index (χ2n) is 4.71. The molecule has 1 aliphatic rings. The number of thiophene rings is 1. The van der Waals surface area contributed by atoms with E-state index >= 15 is 0 Å². The molecule has 23 heavy (non-hydrogen) atoms. The number of hydrogen-bond donors (Lipinski definition) is 1. The molecule has 1 aromatic carbocycles. The zero-order valence-corrected chi connectivity index (χ0v) is 14.8. The first kappa shape index (κ1) is 16.5. The Bertz CT molecular complexity index is 775. The number of nitrogens with zero attached hydrogens (tertiary/aromatic N) is 2. The molecular formula is C15H11Cl2N3OS2. The highest BCUT2D eigenvalue weighted by molar-refractivity contribution is 8.15. The number of carbonyl (C=O) groups is 1. The minimum atomic E-state index is -0.247. The van der Waals surface area contributed by atoms with Crippen LogP contribution < -0.4 is 5.32 Å². The predicted molar refractivity (Wildman–Crippen MR) is 99.0 cm³/mol. The number of carbonyl (C=O) groups excluding carboxylic acids is 1. The van der Waals surface area contributed by atoms with Crippen molar-refractivity contribution >= 4 is 63.6 Å². The van der Waals surface area contributed by atoms with Crippen LogP contribution in [0, 0.1) is 0 Å². The molecule has 118 valence electrons. The SMILES string of the molecule is O=C1NC(=N/N=C\c2cccs2)S[C@@H]1Cc1ccc(Cl)c(Cl)c1. The fourth-order valence-corrected chi connectivity index (χ4v) is 3.84. The Balaban J connectivity index is 1.64. The first-order valence-corrected chi connectivity index (χ1v) is 9.19. The summed E-state index contributed by atoms with van der Waals surface area (Å²) in [6.45, 7) is 0. The molecule has 1 atom stereocenters. The average molecular weight is 384 g/mol. The van der Waals surface area contributed by atoms with E-state index in [0.29, 0.717) is 21.6 Å². The van der Waals surface area contributed by atoms with Gasteiger partial charge >= 0.3 is 0 Å². The summed E-state index contributed by atoms with van der Waals surface area (Å²) in [4.78, 5) is 13.0. The zero-order chi connectivity index (χ0) is 16.2. The molecule has 4 nitrogen and oxygen atoms in total. The fourth-order valence-electron chi connectivity index (χ4n) is 1.97. The van der Waals surface area contributed by atoms with E-state index in [9.17, 15) is 4.79 Å². The summed E-state index contributed by atoms with van der Waals surface area (Å²) in [7, 11) is 0. The van der Waals surface area contributed by atoms with E-state index in [0.717, 1.165) is 10.4 Å². The van der Waals surface area contributed by atoms with E-state index in [1.165, 1.54) is 11.8 Å². The van der Waals surface area contributed by atoms with E-state index in [1.807, 2.05) is 23.6 Å². The summed E-state index contributed by atoms with van der Waals surface area (Å²) in [6.07, 6.45) is 2.22. The predicted octanol–water partition coefficient (Wildman–Crippen LogP) is 4.22. The lowest BCUT2D eigenvalue weighted by atomic mass is 10.1. The van der Waals surface area contributed by atoms with Gasteiger partial charge in [0, 0.05) is 4.88 Å². The molecule has 3 rings (SSSR count). The Kier molecular flexibility index (Phi) is 5.38. The Labute approximate surface area is 151 Å². The summed E-state index contributed by atoms with van der Waals surface area (Å²) in [5, 5.41) is 14.0. The first-order valence-electron chi connectivity index (χ1n) is 6.68. The van der Waals surface area contributed by atoms with Crippen LogP contribution in [0.3, 0.4) is 0 Å². The minimum absolute atomic E-state index is 0.0776. The van der Waals surface area contributed by atoms with Gasteiger partial charge in [-0.15, -0.1) is 16.4 Å². The molecule has 1 aromatic heterocycles. The maximum absolute atomic E-state index is 12.0. The van der Waals surface area contributed by atoms with Gasteiger partial charge in [0.2, 0.25) is 5.91 Å². The van der Waals surface area contributed by atoms with E-state index in [2.05, 4.69) is 15.5 Å². The summed E-state index contributed by atoms with van der Waals surface area (Å²) in [5.74, 6) is -0.0776. The minimum Gasteiger partial charge on any atom is -0.303 e. The molecule has 1 fully saturated rings. The smallest absolute Gasteiger partial charge is 0.239 e. The van der Waals surface area contributed by atoms with Crippen LogP contribution in [0.1, 0.15) is 10.4 Å². The zero-order valence-electron chi connectivity index (χ0n) is 11.7. The van der Waals surface area contributed by atoms with E-state index in [1.54, 1.807) is 29.7 Å². The van der Waals surface area contributed by atoms with Gasteiger partial charge in [0.15, 0.2) is 5.17 Å². The molecule has 1 saturated heterocycles. The van der Waals surface area contributed by atoms with Gasteiger partial charge in [-0.05, 0) is 35.6 Å². The second kappa shape index (κ2) is 7.49. The Hall–Kier alpha value is -1.34. The third kappa shape index (κ3) is 4.35. The number of nitrogens with one attached hydrogen (secondary N) is 1. The molecule has 0 radical (unpaired) electrons. The molecule has 1 amide bonds. The van der Waals surface area contributed by atoms with Crippen LogP contribution in [0.15, 0.2) is 45.9 Å². The van der Waals surface area contributed by atoms with Crippen LogP contribution in [0.2, 0.25) is 10.0 Å². The molecule has 0 aliphatic carbocycles. The summed E-state index contributed by atoms with van der Waals surface area (Å²) < 4.78 is 0. The summed E-state index contributed by atoms with van der Waals surface area (Å²) in [5.41, 5.74) is 0.954. The van der Waals surface area contributed by atoms with Crippen molar-refractivity contribution in [2.24, 2.45) is 10.2 Å². The number of hydrogen-bond acceptors (Lipinski definition) is 5. The third-order valence-electron chi connectivity index (χ3n) is 3.06. The lowest BCUT2D eigenvalue weighted by molar-refractivity contribution is -0.118. The molecule has 1 N–H and O–H groups in total. The number of thioether (sulfide) groups is 1. The van der Waals surface area contributed by atoms with Gasteiger partial charge in [0.1, 0.15) is 0 Å². The summed E-state index contributed by atoms with van der Waals surface area (Å²) >= 11 is 14.8. The lowest BCUT2D eigenvalue weighted by Gasteiger charge is -2.06. The third-order valence-corrected chi connectivity index (χ3v) is 5.68. The second-order valence-corrected chi connectivity index (χ2v) is 7.70. The van der Waals surface area contributed by atoms with Crippen LogP contribution >= 0.6 is 46.3 Å². The van der Waals surface area contributed by atoms with Crippen molar-refractivity contribution in [3.05, 3.63) is 56.2 Å². The molecule has 0 bridgehead atoms. The number of benzene rings is 1. The number of amidine groups is 1. The lowest BCUT2D eigenvalue weighted by Crippen LogP contribution is -2.25. The van der Waals surface area contributed by atoms with Crippen LogP contribution in [0.25, 0.3) is 0 Å². The van der Waals surface area contributed by atoms with Gasteiger partial charge in [-0.1, -0.05) is 47.1 Å². The van der Waals surface area contributed by atoms with Crippen LogP contribution in [-0.2, 0) is 11.2 Å². The van der Waals surface area contributed by atoms with E-state index in [4.69, 9.17) is 23.2 Å². The number of halogens is 2. The highest BCUT2D eigenvalue weighted by Crippen LogP contribution is 2.27. The van der Waals surface area contributed by atoms with Gasteiger partial charge in [0.05, 0.1) is 21.5 Å². The molecule has 2 heterocycles. The van der Waals surface area contributed by atoms with Crippen molar-refractivity contribution < 1.29 is 4.79 Å². The van der Waals surface area contributed by atoms with Gasteiger partial charge in [0.25, 0.3) is 0 Å². The van der Waals surface area contributed by atoms with Crippen molar-refractivity contribution in [3.63, 3.8) is 0 Å². The van der Waals surface area contributed by atoms with Crippen LogP contribution in [0.5, 0.6) is 0 Å². The Morgan fingerprint density at radius 1 is 1.26 bits per heavy atom. The normalized spacial score (nSPS) is 19.7. The topological polar surface area (TPSA) is 53.8 Å². The number of rotatable bonds is 4. The van der Waals surface area contributed by atoms with Gasteiger partial charge in [-0.3, -0.25) is 4.79 Å². The quantitative estimate of drug-likeness (QED) is 0.634. The molecule has 1 aliphatic heterocycles. The van der Waals surface area contributed by atoms with Gasteiger partial charge < -0.3 is 5.32 Å². The van der Waals surface area contributed by atoms with Crippen molar-refractivity contribution in [2.45, 2.75) is 11.7 Å². The Morgan fingerprint density at radius 2 is 2.13 bits per heavy atom. The molecule has 8 heteroatoms. The fraction of sp³-hybridized carbons (Fsp3) is 0.133. The Morgan fingerprint density at radius 3 is 2.87 bits per heavy atom.